The molecule has 0 spiro atoms. The van der Waals surface area contributed by atoms with Crippen molar-refractivity contribution in [1.29, 1.82) is 0 Å². The van der Waals surface area contributed by atoms with Crippen molar-refractivity contribution in [3.63, 3.8) is 0 Å². The summed E-state index contributed by atoms with van der Waals surface area (Å²) in [7, 11) is 0. The van der Waals surface area contributed by atoms with E-state index in [-0.39, 0.29) is 5.69 Å². The molecular formula is C9H5N3O3S. The summed E-state index contributed by atoms with van der Waals surface area (Å²) in [6.45, 7) is 0. The largest absolute Gasteiger partial charge is 0.295 e. The minimum atomic E-state index is -0.514. The molecule has 0 aliphatic rings. The Morgan fingerprint density at radius 3 is 2.62 bits per heavy atom. The number of hydrogen-bond acceptors (Lipinski definition) is 6. The van der Waals surface area contributed by atoms with Gasteiger partial charge in [0.2, 0.25) is 0 Å². The molecule has 6 nitrogen and oxygen atoms in total. The number of nitro groups is 1. The van der Waals surface area contributed by atoms with Crippen molar-refractivity contribution in [3.8, 4) is 10.6 Å². The molecule has 2 aromatic rings. The van der Waals surface area contributed by atoms with Gasteiger partial charge in [-0.15, -0.1) is 11.3 Å². The maximum absolute atomic E-state index is 10.4. The van der Waals surface area contributed by atoms with Crippen molar-refractivity contribution in [2.24, 2.45) is 0 Å². The monoisotopic (exact) mass is 235 g/mol. The number of carbonyl (C=O) groups is 1. The van der Waals surface area contributed by atoms with Crippen molar-refractivity contribution in [3.05, 3.63) is 39.6 Å². The Hall–Kier alpha value is -2.15. The number of pyridine rings is 1. The summed E-state index contributed by atoms with van der Waals surface area (Å²) in [4.78, 5) is 28.8. The van der Waals surface area contributed by atoms with Gasteiger partial charge in [0.15, 0.2) is 11.3 Å². The van der Waals surface area contributed by atoms with E-state index in [1.54, 1.807) is 0 Å². The summed E-state index contributed by atoms with van der Waals surface area (Å²) < 4.78 is 0. The average Bonchev–Trinajstić information content (AvgIpc) is 2.77. The Labute approximate surface area is 93.7 Å². The zero-order valence-corrected chi connectivity index (χ0v) is 8.68. The van der Waals surface area contributed by atoms with E-state index in [1.165, 1.54) is 35.9 Å². The highest BCUT2D eigenvalue weighted by atomic mass is 32.1. The number of thiazole rings is 1. The van der Waals surface area contributed by atoms with Crippen LogP contribution in [0.3, 0.4) is 0 Å². The van der Waals surface area contributed by atoms with E-state index < -0.39 is 4.92 Å². The van der Waals surface area contributed by atoms with Gasteiger partial charge in [-0.1, -0.05) is 0 Å². The van der Waals surface area contributed by atoms with Gasteiger partial charge in [-0.2, -0.15) is 0 Å². The maximum Gasteiger partial charge on any atom is 0.287 e. The number of rotatable bonds is 3. The standard InChI is InChI=1S/C9H5N3O3S/c13-5-9-11-4-8(16-9)7-2-1-6(3-10-7)12(14)15/h1-5H. The summed E-state index contributed by atoms with van der Waals surface area (Å²) in [5, 5.41) is 10.8. The van der Waals surface area contributed by atoms with Crippen LogP contribution in [0.1, 0.15) is 9.80 Å². The smallest absolute Gasteiger partial charge is 0.287 e. The topological polar surface area (TPSA) is 86.0 Å². The van der Waals surface area contributed by atoms with Crippen LogP contribution in [-0.2, 0) is 0 Å². The number of aldehydes is 1. The van der Waals surface area contributed by atoms with Crippen LogP contribution in [0, 0.1) is 10.1 Å². The third kappa shape index (κ3) is 1.94. The van der Waals surface area contributed by atoms with Gasteiger partial charge in [0.05, 0.1) is 15.5 Å². The molecule has 0 saturated carbocycles. The van der Waals surface area contributed by atoms with E-state index in [9.17, 15) is 14.9 Å². The predicted octanol–water partition coefficient (Wildman–Crippen LogP) is 1.93. The van der Waals surface area contributed by atoms with Crippen molar-refractivity contribution in [1.82, 2.24) is 9.97 Å². The molecule has 0 fully saturated rings. The lowest BCUT2D eigenvalue weighted by atomic mass is 10.3. The average molecular weight is 235 g/mol. The first-order chi connectivity index (χ1) is 7.70. The fourth-order valence-corrected chi connectivity index (χ4v) is 1.81. The lowest BCUT2D eigenvalue weighted by Crippen LogP contribution is -1.89. The fourth-order valence-electron chi connectivity index (χ4n) is 1.10. The molecule has 0 saturated heterocycles. The minimum Gasteiger partial charge on any atom is -0.295 e. The highest BCUT2D eigenvalue weighted by Crippen LogP contribution is 2.24. The van der Waals surface area contributed by atoms with Gasteiger partial charge >= 0.3 is 0 Å². The van der Waals surface area contributed by atoms with Gasteiger partial charge in [-0.3, -0.25) is 14.9 Å². The number of aromatic nitrogens is 2. The molecule has 2 rings (SSSR count). The molecule has 7 heteroatoms. The molecule has 0 bridgehead atoms. The molecule has 0 N–H and O–H groups in total. The summed E-state index contributed by atoms with van der Waals surface area (Å²) in [6.07, 6.45) is 3.34. The van der Waals surface area contributed by atoms with E-state index in [2.05, 4.69) is 9.97 Å². The normalized spacial score (nSPS) is 10.0. The van der Waals surface area contributed by atoms with E-state index in [0.717, 1.165) is 0 Å². The fraction of sp³-hybridized carbons (Fsp3) is 0. The molecule has 0 aliphatic heterocycles. The molecule has 0 aromatic carbocycles. The van der Waals surface area contributed by atoms with Gasteiger partial charge in [-0.05, 0) is 6.07 Å². The van der Waals surface area contributed by atoms with Crippen molar-refractivity contribution in [2.45, 2.75) is 0 Å². The molecule has 80 valence electrons. The molecule has 2 aromatic heterocycles. The summed E-state index contributed by atoms with van der Waals surface area (Å²) in [5.74, 6) is 0. The first-order valence-electron chi connectivity index (χ1n) is 4.22. The summed E-state index contributed by atoms with van der Waals surface area (Å²) in [5.41, 5.74) is 0.500. The Balaban J connectivity index is 2.34. The van der Waals surface area contributed by atoms with E-state index in [0.29, 0.717) is 21.9 Å². The van der Waals surface area contributed by atoms with Crippen molar-refractivity contribution >= 4 is 23.3 Å². The molecule has 0 atom stereocenters. The first kappa shape index (κ1) is 10.4. The van der Waals surface area contributed by atoms with Crippen LogP contribution < -0.4 is 0 Å². The summed E-state index contributed by atoms with van der Waals surface area (Å²) in [6, 6.07) is 2.89. The third-order valence-electron chi connectivity index (χ3n) is 1.84. The van der Waals surface area contributed by atoms with Crippen LogP contribution in [0.15, 0.2) is 24.5 Å². The van der Waals surface area contributed by atoms with Crippen LogP contribution in [0.4, 0.5) is 5.69 Å². The lowest BCUT2D eigenvalue weighted by Gasteiger charge is -1.94. The number of hydrogen-bond donors (Lipinski definition) is 0. The molecular weight excluding hydrogens is 230 g/mol. The molecule has 0 amide bonds. The number of carbonyl (C=O) groups excluding carboxylic acids is 1. The lowest BCUT2D eigenvalue weighted by molar-refractivity contribution is -0.385. The van der Waals surface area contributed by atoms with Gasteiger partial charge in [-0.25, -0.2) is 9.97 Å². The van der Waals surface area contributed by atoms with Gasteiger partial charge in [0.1, 0.15) is 6.20 Å². The Bertz CT molecular complexity index is 535. The van der Waals surface area contributed by atoms with Crippen molar-refractivity contribution in [2.75, 3.05) is 0 Å². The molecule has 16 heavy (non-hydrogen) atoms. The SMILES string of the molecule is O=Cc1ncc(-c2ccc([N+](=O)[O-])cn2)s1. The van der Waals surface area contributed by atoms with Gasteiger partial charge in [0, 0.05) is 12.3 Å². The Morgan fingerprint density at radius 2 is 2.12 bits per heavy atom. The molecule has 0 unspecified atom stereocenters. The molecule has 0 aliphatic carbocycles. The van der Waals surface area contributed by atoms with Crippen LogP contribution in [0.25, 0.3) is 10.6 Å². The Kier molecular flexibility index (Phi) is 2.69. The van der Waals surface area contributed by atoms with Crippen LogP contribution in [0.2, 0.25) is 0 Å². The highest BCUT2D eigenvalue weighted by Gasteiger charge is 2.08. The zero-order chi connectivity index (χ0) is 11.5. The second-order valence-electron chi connectivity index (χ2n) is 2.84. The van der Waals surface area contributed by atoms with Gasteiger partial charge in [0.25, 0.3) is 5.69 Å². The number of nitrogens with zero attached hydrogens (tertiary/aromatic N) is 3. The quantitative estimate of drug-likeness (QED) is 0.461. The Morgan fingerprint density at radius 1 is 1.31 bits per heavy atom. The second-order valence-corrected chi connectivity index (χ2v) is 3.90. The van der Waals surface area contributed by atoms with E-state index in [1.807, 2.05) is 0 Å². The van der Waals surface area contributed by atoms with Gasteiger partial charge < -0.3 is 0 Å². The van der Waals surface area contributed by atoms with Crippen LogP contribution >= 0.6 is 11.3 Å². The minimum absolute atomic E-state index is 0.0659. The van der Waals surface area contributed by atoms with E-state index >= 15 is 0 Å². The zero-order valence-electron chi connectivity index (χ0n) is 7.86. The second kappa shape index (κ2) is 4.15. The van der Waals surface area contributed by atoms with Crippen LogP contribution in [0.5, 0.6) is 0 Å². The third-order valence-corrected chi connectivity index (χ3v) is 2.78. The summed E-state index contributed by atoms with van der Waals surface area (Å²) >= 11 is 1.19. The molecule has 2 heterocycles. The first-order valence-corrected chi connectivity index (χ1v) is 5.04. The maximum atomic E-state index is 10.4. The molecule has 0 radical (unpaired) electrons. The predicted molar refractivity (Wildman–Crippen MR) is 57.4 cm³/mol. The highest BCUT2D eigenvalue weighted by molar-refractivity contribution is 7.16. The van der Waals surface area contributed by atoms with E-state index in [4.69, 9.17) is 0 Å². The van der Waals surface area contributed by atoms with Crippen molar-refractivity contribution < 1.29 is 9.72 Å². The van der Waals surface area contributed by atoms with Crippen LogP contribution in [-0.4, -0.2) is 21.2 Å².